The van der Waals surface area contributed by atoms with Gasteiger partial charge in [0, 0.05) is 13.1 Å². The fourth-order valence-corrected chi connectivity index (χ4v) is 2.72. The summed E-state index contributed by atoms with van der Waals surface area (Å²) in [7, 11) is -3.68. The number of nitrogens with two attached hydrogens (primary N) is 1. The number of hydrogen-bond donors (Lipinski definition) is 2. The largest absolute Gasteiger partial charge is 0.326 e. The van der Waals surface area contributed by atoms with Gasteiger partial charge in [0.05, 0.1) is 17.4 Å². The summed E-state index contributed by atoms with van der Waals surface area (Å²) in [5, 5.41) is 4.94. The molecule has 0 fully saturated rings. The average molecular weight is 316 g/mol. The molecular weight excluding hydrogens is 300 g/mol. The van der Waals surface area contributed by atoms with Crippen LogP contribution >= 0.6 is 0 Å². The first kappa shape index (κ1) is 14.7. The van der Waals surface area contributed by atoms with Crippen molar-refractivity contribution in [3.63, 3.8) is 0 Å². The van der Waals surface area contributed by atoms with E-state index in [-0.39, 0.29) is 6.54 Å². The van der Waals surface area contributed by atoms with Crippen molar-refractivity contribution in [2.24, 2.45) is 5.14 Å². The van der Waals surface area contributed by atoms with Gasteiger partial charge in [0.1, 0.15) is 0 Å². The molecule has 0 aliphatic rings. The Balaban J connectivity index is 1.81. The lowest BCUT2D eigenvalue weighted by Crippen LogP contribution is -2.30. The monoisotopic (exact) mass is 316 g/mol. The van der Waals surface area contributed by atoms with Gasteiger partial charge >= 0.3 is 0 Å². The summed E-state index contributed by atoms with van der Waals surface area (Å²) >= 11 is 0. The van der Waals surface area contributed by atoms with E-state index in [2.05, 4.69) is 14.3 Å². The average Bonchev–Trinajstić information content (AvgIpc) is 2.88. The molecule has 114 valence electrons. The number of hydrogen-bond acceptors (Lipinski definition) is 3. The van der Waals surface area contributed by atoms with E-state index in [1.165, 1.54) is 0 Å². The minimum absolute atomic E-state index is 0.178. The van der Waals surface area contributed by atoms with Gasteiger partial charge in [0.2, 0.25) is 0 Å². The first-order chi connectivity index (χ1) is 10.5. The van der Waals surface area contributed by atoms with Crippen molar-refractivity contribution in [3.8, 4) is 0 Å². The maximum absolute atomic E-state index is 10.9. The van der Waals surface area contributed by atoms with Gasteiger partial charge in [0.25, 0.3) is 10.2 Å². The van der Waals surface area contributed by atoms with Gasteiger partial charge in [-0.25, -0.2) is 10.1 Å². The second kappa shape index (κ2) is 5.88. The lowest BCUT2D eigenvalue weighted by Gasteiger charge is -2.07. The summed E-state index contributed by atoms with van der Waals surface area (Å²) in [6.45, 7) is 0.848. The highest BCUT2D eigenvalue weighted by molar-refractivity contribution is 7.87. The predicted octanol–water partition coefficient (Wildman–Crippen LogP) is 1.38. The van der Waals surface area contributed by atoms with Crippen LogP contribution in [0.5, 0.6) is 0 Å². The van der Waals surface area contributed by atoms with Gasteiger partial charge in [-0.1, -0.05) is 36.4 Å². The van der Waals surface area contributed by atoms with E-state index in [1.54, 1.807) is 6.33 Å². The molecule has 0 aliphatic carbocycles. The summed E-state index contributed by atoms with van der Waals surface area (Å²) in [5.74, 6) is 0. The molecule has 3 N–H and O–H groups in total. The zero-order chi connectivity index (χ0) is 15.6. The van der Waals surface area contributed by atoms with Crippen LogP contribution in [-0.4, -0.2) is 18.0 Å². The Hall–Kier alpha value is -2.22. The third-order valence-electron chi connectivity index (χ3n) is 3.35. The Bertz CT molecular complexity index is 903. The van der Waals surface area contributed by atoms with E-state index in [4.69, 9.17) is 5.14 Å². The van der Waals surface area contributed by atoms with E-state index in [9.17, 15) is 8.42 Å². The molecule has 0 bridgehead atoms. The van der Waals surface area contributed by atoms with Crippen molar-refractivity contribution in [2.45, 2.75) is 13.1 Å². The molecule has 3 aromatic rings. The number of aromatic nitrogens is 2. The van der Waals surface area contributed by atoms with Crippen LogP contribution in [0, 0.1) is 0 Å². The normalized spacial score (nSPS) is 11.9. The van der Waals surface area contributed by atoms with Crippen LogP contribution in [0.4, 0.5) is 0 Å². The van der Waals surface area contributed by atoms with E-state index < -0.39 is 10.2 Å². The lowest BCUT2D eigenvalue weighted by molar-refractivity contribution is 0.583. The summed E-state index contributed by atoms with van der Waals surface area (Å²) in [4.78, 5) is 4.36. The highest BCUT2D eigenvalue weighted by atomic mass is 32.2. The Kier molecular flexibility index (Phi) is 3.93. The molecule has 2 aromatic carbocycles. The van der Waals surface area contributed by atoms with E-state index in [1.807, 2.05) is 48.5 Å². The number of nitrogens with one attached hydrogen (secondary N) is 1. The smallest absolute Gasteiger partial charge is 0.274 e. The minimum Gasteiger partial charge on any atom is -0.326 e. The van der Waals surface area contributed by atoms with Gasteiger partial charge in [-0.3, -0.25) is 0 Å². The maximum Gasteiger partial charge on any atom is 0.274 e. The van der Waals surface area contributed by atoms with Crippen LogP contribution in [-0.2, 0) is 23.3 Å². The van der Waals surface area contributed by atoms with Crippen molar-refractivity contribution in [3.05, 3.63) is 66.0 Å². The Morgan fingerprint density at radius 2 is 1.86 bits per heavy atom. The third kappa shape index (κ3) is 3.51. The first-order valence-corrected chi connectivity index (χ1v) is 8.31. The molecule has 0 unspecified atom stereocenters. The molecule has 22 heavy (non-hydrogen) atoms. The molecular formula is C15H16N4O2S. The molecule has 1 heterocycles. The number of nitrogens with zero attached hydrogens (tertiary/aromatic N) is 2. The highest BCUT2D eigenvalue weighted by Crippen LogP contribution is 2.14. The summed E-state index contributed by atoms with van der Waals surface area (Å²) in [5.41, 5.74) is 3.94. The van der Waals surface area contributed by atoms with Crippen molar-refractivity contribution >= 4 is 21.2 Å². The zero-order valence-corrected chi connectivity index (χ0v) is 12.6. The second-order valence-corrected chi connectivity index (χ2v) is 6.43. The van der Waals surface area contributed by atoms with E-state index in [0.29, 0.717) is 6.54 Å². The summed E-state index contributed by atoms with van der Waals surface area (Å²) < 4.78 is 26.2. The van der Waals surface area contributed by atoms with Crippen molar-refractivity contribution in [2.75, 3.05) is 0 Å². The van der Waals surface area contributed by atoms with Crippen LogP contribution < -0.4 is 9.86 Å². The van der Waals surface area contributed by atoms with Crippen LogP contribution in [0.25, 0.3) is 11.0 Å². The molecule has 0 aliphatic heterocycles. The molecule has 0 spiro atoms. The number of benzene rings is 2. The number of rotatable bonds is 5. The second-order valence-electron chi connectivity index (χ2n) is 5.05. The molecule has 0 saturated carbocycles. The van der Waals surface area contributed by atoms with Crippen LogP contribution in [0.3, 0.4) is 0 Å². The molecule has 7 heteroatoms. The molecule has 1 aromatic heterocycles. The SMILES string of the molecule is NS(=O)(=O)NCc1cccc(Cn2cnc3ccccc32)c1. The number of imidazole rings is 1. The quantitative estimate of drug-likeness (QED) is 0.745. The van der Waals surface area contributed by atoms with Gasteiger partial charge < -0.3 is 4.57 Å². The Morgan fingerprint density at radius 1 is 1.09 bits per heavy atom. The summed E-state index contributed by atoms with van der Waals surface area (Å²) in [6.07, 6.45) is 1.81. The van der Waals surface area contributed by atoms with Crippen LogP contribution in [0.2, 0.25) is 0 Å². The van der Waals surface area contributed by atoms with Crippen molar-refractivity contribution < 1.29 is 8.42 Å². The standard InChI is InChI=1S/C15H16N4O2S/c16-22(20,21)18-9-12-4-3-5-13(8-12)10-19-11-17-14-6-1-2-7-15(14)19/h1-8,11,18H,9-10H2,(H2,16,20,21). The Labute approximate surface area is 128 Å². The molecule has 3 rings (SSSR count). The molecule has 0 atom stereocenters. The van der Waals surface area contributed by atoms with Crippen LogP contribution in [0.15, 0.2) is 54.9 Å². The minimum atomic E-state index is -3.68. The predicted molar refractivity (Wildman–Crippen MR) is 85.2 cm³/mol. The van der Waals surface area contributed by atoms with Gasteiger partial charge in [-0.2, -0.15) is 13.1 Å². The molecule has 0 radical (unpaired) electrons. The van der Waals surface area contributed by atoms with Gasteiger partial charge in [-0.15, -0.1) is 0 Å². The fourth-order valence-electron chi connectivity index (χ4n) is 2.35. The van der Waals surface area contributed by atoms with Crippen molar-refractivity contribution in [1.82, 2.24) is 14.3 Å². The van der Waals surface area contributed by atoms with Crippen LogP contribution in [0.1, 0.15) is 11.1 Å². The lowest BCUT2D eigenvalue weighted by atomic mass is 10.1. The van der Waals surface area contributed by atoms with E-state index >= 15 is 0 Å². The zero-order valence-electron chi connectivity index (χ0n) is 11.8. The first-order valence-electron chi connectivity index (χ1n) is 6.76. The highest BCUT2D eigenvalue weighted by Gasteiger charge is 2.05. The molecule has 0 amide bonds. The van der Waals surface area contributed by atoms with Gasteiger partial charge in [0.15, 0.2) is 0 Å². The topological polar surface area (TPSA) is 90.0 Å². The Morgan fingerprint density at radius 3 is 2.68 bits per heavy atom. The van der Waals surface area contributed by atoms with Crippen molar-refractivity contribution in [1.29, 1.82) is 0 Å². The summed E-state index contributed by atoms with van der Waals surface area (Å²) in [6, 6.07) is 15.6. The van der Waals surface area contributed by atoms with Gasteiger partial charge in [-0.05, 0) is 23.3 Å². The third-order valence-corrected chi connectivity index (χ3v) is 3.90. The molecule has 6 nitrogen and oxygen atoms in total. The number of para-hydroxylation sites is 2. The molecule has 0 saturated heterocycles. The fraction of sp³-hybridized carbons (Fsp3) is 0.133. The number of fused-ring (bicyclic) bond motifs is 1. The van der Waals surface area contributed by atoms with E-state index in [0.717, 1.165) is 22.2 Å². The maximum atomic E-state index is 10.9.